The Labute approximate surface area is 185 Å². The number of guanidine groups is 1. The first-order valence-electron chi connectivity index (χ1n) is 11.2. The Hall–Kier alpha value is -2.77. The summed E-state index contributed by atoms with van der Waals surface area (Å²) in [5.74, 6) is 3.89. The van der Waals surface area contributed by atoms with E-state index in [1.165, 1.54) is 0 Å². The van der Waals surface area contributed by atoms with Crippen molar-refractivity contribution in [2.45, 2.75) is 65.8 Å². The molecule has 2 N–H and O–H groups in total. The summed E-state index contributed by atoms with van der Waals surface area (Å²) in [6.07, 6.45) is 2.53. The Morgan fingerprint density at radius 1 is 1.10 bits per heavy atom. The molecule has 0 bridgehead atoms. The van der Waals surface area contributed by atoms with Crippen LogP contribution in [0.1, 0.15) is 76.7 Å². The normalized spacial score (nSPS) is 12.7. The Kier molecular flexibility index (Phi) is 10.1. The first kappa shape index (κ1) is 24.5. The molecule has 8 nitrogen and oxygen atoms in total. The van der Waals surface area contributed by atoms with E-state index in [0.29, 0.717) is 38.0 Å². The van der Waals surface area contributed by atoms with E-state index in [1.54, 1.807) is 7.05 Å². The maximum absolute atomic E-state index is 5.92. The van der Waals surface area contributed by atoms with Crippen molar-refractivity contribution in [3.05, 3.63) is 35.5 Å². The van der Waals surface area contributed by atoms with Gasteiger partial charge in [0.25, 0.3) is 0 Å². The molecule has 0 spiro atoms. The SMILES string of the molecule is CCCOc1ccc(C(C)NC(=NC)NCCc2nc(C(C)C)no2)cc1OCCC. The molecule has 0 amide bonds. The fourth-order valence-corrected chi connectivity index (χ4v) is 2.83. The maximum atomic E-state index is 5.92. The zero-order chi connectivity index (χ0) is 22.6. The average molecular weight is 432 g/mol. The van der Waals surface area contributed by atoms with Crippen molar-refractivity contribution < 1.29 is 14.0 Å². The fraction of sp³-hybridized carbons (Fsp3) is 0.609. The van der Waals surface area contributed by atoms with Crippen LogP contribution in [-0.4, -0.2) is 42.9 Å². The van der Waals surface area contributed by atoms with Crippen LogP contribution < -0.4 is 20.1 Å². The van der Waals surface area contributed by atoms with Gasteiger partial charge in [0.2, 0.25) is 5.89 Å². The summed E-state index contributed by atoms with van der Waals surface area (Å²) in [5.41, 5.74) is 1.09. The van der Waals surface area contributed by atoms with Crippen molar-refractivity contribution in [2.75, 3.05) is 26.8 Å². The van der Waals surface area contributed by atoms with Crippen LogP contribution in [0.5, 0.6) is 11.5 Å². The fourth-order valence-electron chi connectivity index (χ4n) is 2.83. The van der Waals surface area contributed by atoms with Gasteiger partial charge in [-0.1, -0.05) is 38.9 Å². The molecule has 172 valence electrons. The van der Waals surface area contributed by atoms with E-state index in [2.05, 4.69) is 52.6 Å². The lowest BCUT2D eigenvalue weighted by Crippen LogP contribution is -2.39. The van der Waals surface area contributed by atoms with Crippen molar-refractivity contribution in [3.63, 3.8) is 0 Å². The van der Waals surface area contributed by atoms with E-state index in [0.717, 1.165) is 35.7 Å². The molecule has 1 heterocycles. The standard InChI is InChI=1S/C23H37N5O3/c1-7-13-29-19-10-9-18(15-20(19)30-14-8-2)17(5)26-23(24-6)25-12-11-21-27-22(16(3)4)28-31-21/h9-10,15-17H,7-8,11-14H2,1-6H3,(H2,24,25,26). The van der Waals surface area contributed by atoms with Gasteiger partial charge in [-0.05, 0) is 37.5 Å². The molecule has 0 fully saturated rings. The molecule has 0 saturated carbocycles. The van der Waals surface area contributed by atoms with Gasteiger partial charge in [-0.15, -0.1) is 0 Å². The van der Waals surface area contributed by atoms with Crippen molar-refractivity contribution in [1.29, 1.82) is 0 Å². The minimum Gasteiger partial charge on any atom is -0.490 e. The monoisotopic (exact) mass is 431 g/mol. The number of rotatable bonds is 12. The van der Waals surface area contributed by atoms with Gasteiger partial charge in [0.15, 0.2) is 23.3 Å². The Morgan fingerprint density at radius 2 is 1.81 bits per heavy atom. The lowest BCUT2D eigenvalue weighted by molar-refractivity contribution is 0.268. The number of ether oxygens (including phenoxy) is 2. The van der Waals surface area contributed by atoms with Gasteiger partial charge in [0, 0.05) is 25.9 Å². The van der Waals surface area contributed by atoms with Crippen LogP contribution in [0.4, 0.5) is 0 Å². The number of aromatic nitrogens is 2. The van der Waals surface area contributed by atoms with Crippen molar-refractivity contribution in [2.24, 2.45) is 4.99 Å². The number of nitrogens with zero attached hydrogens (tertiary/aromatic N) is 3. The number of hydrogen-bond donors (Lipinski definition) is 2. The van der Waals surface area contributed by atoms with E-state index in [9.17, 15) is 0 Å². The smallest absolute Gasteiger partial charge is 0.228 e. The van der Waals surface area contributed by atoms with Gasteiger partial charge in [-0.25, -0.2) is 0 Å². The molecule has 0 saturated heterocycles. The second-order valence-electron chi connectivity index (χ2n) is 7.72. The van der Waals surface area contributed by atoms with Crippen molar-refractivity contribution >= 4 is 5.96 Å². The van der Waals surface area contributed by atoms with Crippen LogP contribution in [0.2, 0.25) is 0 Å². The van der Waals surface area contributed by atoms with Crippen LogP contribution >= 0.6 is 0 Å². The van der Waals surface area contributed by atoms with Crippen LogP contribution in [0.25, 0.3) is 0 Å². The lowest BCUT2D eigenvalue weighted by atomic mass is 10.1. The third-order valence-corrected chi connectivity index (χ3v) is 4.60. The highest BCUT2D eigenvalue weighted by atomic mass is 16.5. The Balaban J connectivity index is 1.94. The van der Waals surface area contributed by atoms with E-state index >= 15 is 0 Å². The summed E-state index contributed by atoms with van der Waals surface area (Å²) < 4.78 is 17.0. The van der Waals surface area contributed by atoms with Gasteiger partial charge < -0.3 is 24.6 Å². The molecule has 0 aliphatic rings. The largest absolute Gasteiger partial charge is 0.490 e. The van der Waals surface area contributed by atoms with Crippen LogP contribution in [0, 0.1) is 0 Å². The third kappa shape index (κ3) is 7.77. The molecule has 1 atom stereocenters. The summed E-state index contributed by atoms with van der Waals surface area (Å²) in [5, 5.41) is 10.7. The molecule has 1 aromatic carbocycles. The van der Waals surface area contributed by atoms with Crippen molar-refractivity contribution in [1.82, 2.24) is 20.8 Å². The predicted molar refractivity (Wildman–Crippen MR) is 123 cm³/mol. The summed E-state index contributed by atoms with van der Waals surface area (Å²) in [4.78, 5) is 8.72. The van der Waals surface area contributed by atoms with E-state index in [1.807, 2.05) is 26.0 Å². The molecule has 0 aliphatic heterocycles. The first-order chi connectivity index (χ1) is 15.0. The van der Waals surface area contributed by atoms with Crippen LogP contribution in [0.3, 0.4) is 0 Å². The number of benzene rings is 1. The van der Waals surface area contributed by atoms with Gasteiger partial charge in [-0.3, -0.25) is 4.99 Å². The minimum atomic E-state index is 0.0337. The highest BCUT2D eigenvalue weighted by Crippen LogP contribution is 2.31. The van der Waals surface area contributed by atoms with Crippen molar-refractivity contribution in [3.8, 4) is 11.5 Å². The van der Waals surface area contributed by atoms with Crippen LogP contribution in [0.15, 0.2) is 27.7 Å². The summed E-state index contributed by atoms with van der Waals surface area (Å²) >= 11 is 0. The first-order valence-corrected chi connectivity index (χ1v) is 11.2. The number of nitrogens with one attached hydrogen (secondary N) is 2. The second kappa shape index (κ2) is 12.8. The quantitative estimate of drug-likeness (QED) is 0.383. The summed E-state index contributed by atoms with van der Waals surface area (Å²) in [6, 6.07) is 6.11. The molecule has 1 unspecified atom stereocenters. The molecule has 2 aromatic rings. The molecule has 2 rings (SSSR count). The average Bonchev–Trinajstić information content (AvgIpc) is 3.25. The molecule has 0 aliphatic carbocycles. The lowest BCUT2D eigenvalue weighted by Gasteiger charge is -2.20. The minimum absolute atomic E-state index is 0.0337. The van der Waals surface area contributed by atoms with E-state index in [4.69, 9.17) is 14.0 Å². The Bertz CT molecular complexity index is 819. The zero-order valence-corrected chi connectivity index (χ0v) is 19.7. The molecule has 1 aromatic heterocycles. The highest BCUT2D eigenvalue weighted by Gasteiger charge is 2.14. The van der Waals surface area contributed by atoms with Gasteiger partial charge in [-0.2, -0.15) is 4.98 Å². The maximum Gasteiger partial charge on any atom is 0.228 e. The molecule has 8 heteroatoms. The summed E-state index contributed by atoms with van der Waals surface area (Å²) in [6.45, 7) is 12.3. The predicted octanol–water partition coefficient (Wildman–Crippen LogP) is 4.24. The van der Waals surface area contributed by atoms with Gasteiger partial charge >= 0.3 is 0 Å². The second-order valence-corrected chi connectivity index (χ2v) is 7.72. The zero-order valence-electron chi connectivity index (χ0n) is 19.7. The molecule has 31 heavy (non-hydrogen) atoms. The molecule has 0 radical (unpaired) electrons. The van der Waals surface area contributed by atoms with E-state index < -0.39 is 0 Å². The van der Waals surface area contributed by atoms with Gasteiger partial charge in [0.05, 0.1) is 19.3 Å². The number of aliphatic imine (C=N–C) groups is 1. The van der Waals surface area contributed by atoms with Crippen LogP contribution in [-0.2, 0) is 6.42 Å². The summed E-state index contributed by atoms with van der Waals surface area (Å²) in [7, 11) is 1.75. The third-order valence-electron chi connectivity index (χ3n) is 4.60. The highest BCUT2D eigenvalue weighted by molar-refractivity contribution is 5.80. The molecular weight excluding hydrogens is 394 g/mol. The Morgan fingerprint density at radius 3 is 2.42 bits per heavy atom. The van der Waals surface area contributed by atoms with Gasteiger partial charge in [0.1, 0.15) is 0 Å². The van der Waals surface area contributed by atoms with E-state index in [-0.39, 0.29) is 12.0 Å². The molecular formula is C23H37N5O3. The topological polar surface area (TPSA) is 93.8 Å². The number of hydrogen-bond acceptors (Lipinski definition) is 6.